The Morgan fingerprint density at radius 3 is 2.56 bits per heavy atom. The van der Waals surface area contributed by atoms with Gasteiger partial charge in [-0.2, -0.15) is 0 Å². The molecule has 0 aliphatic heterocycles. The largest absolute Gasteiger partial charge is 0.252 e. The van der Waals surface area contributed by atoms with E-state index < -0.39 is 9.71 Å². The maximum absolute atomic E-state index is 12.3. The average Bonchev–Trinajstić information content (AvgIpc) is 2.48. The normalized spacial score (nSPS) is 18.1. The smallest absolute Gasteiger partial charge is 0.111 e. The highest BCUT2D eigenvalue weighted by molar-refractivity contribution is 9.11. The van der Waals surface area contributed by atoms with Crippen LogP contribution in [0, 0.1) is 0 Å². The number of hydrogen-bond donors (Lipinski definition) is 1. The molecule has 0 amide bonds. The highest BCUT2D eigenvalue weighted by atomic mass is 79.9. The molecule has 0 fully saturated rings. The number of nitrogens with one attached hydrogen (secondary N) is 1. The Balaban J connectivity index is 2.84. The van der Waals surface area contributed by atoms with E-state index in [1.54, 1.807) is 6.20 Å². The van der Waals surface area contributed by atoms with Crippen molar-refractivity contribution in [1.82, 2.24) is 9.71 Å². The zero-order valence-corrected chi connectivity index (χ0v) is 13.1. The number of halogens is 1. The van der Waals surface area contributed by atoms with Gasteiger partial charge in [-0.25, -0.2) is 9.71 Å². The summed E-state index contributed by atoms with van der Waals surface area (Å²) in [6, 6.07) is -0.0551. The first kappa shape index (κ1) is 14.2. The van der Waals surface area contributed by atoms with Crippen molar-refractivity contribution < 1.29 is 4.21 Å². The molecule has 0 bridgehead atoms. The summed E-state index contributed by atoms with van der Waals surface area (Å²) in [5.74, 6) is 3.80. The molecule has 16 heavy (non-hydrogen) atoms. The lowest BCUT2D eigenvalue weighted by molar-refractivity contribution is 0.612. The van der Waals surface area contributed by atoms with Gasteiger partial charge in [-0.1, -0.05) is 0 Å². The number of aromatic nitrogens is 1. The average molecular weight is 325 g/mol. The Kier molecular flexibility index (Phi) is 4.21. The quantitative estimate of drug-likeness (QED) is 0.868. The van der Waals surface area contributed by atoms with Crippen LogP contribution >= 0.6 is 27.3 Å². The molecule has 1 N–H and O–H groups in total. The molecule has 2 unspecified atom stereocenters. The van der Waals surface area contributed by atoms with Crippen LogP contribution in [0.15, 0.2) is 9.98 Å². The van der Waals surface area contributed by atoms with E-state index in [1.807, 2.05) is 27.7 Å². The lowest BCUT2D eigenvalue weighted by Gasteiger charge is -2.27. The third-order valence-corrected chi connectivity index (χ3v) is 6.59. The molecule has 0 aliphatic carbocycles. The molecule has 1 aromatic rings. The molecule has 6 heteroatoms. The van der Waals surface area contributed by atoms with Crippen molar-refractivity contribution in [1.29, 1.82) is 0 Å². The van der Waals surface area contributed by atoms with Gasteiger partial charge in [0.2, 0.25) is 0 Å². The van der Waals surface area contributed by atoms with E-state index >= 15 is 0 Å². The number of thiazole rings is 1. The van der Waals surface area contributed by atoms with E-state index in [9.17, 15) is 4.21 Å². The topological polar surface area (TPSA) is 42.0 Å². The van der Waals surface area contributed by atoms with Gasteiger partial charge in [0, 0.05) is 14.5 Å². The summed E-state index contributed by atoms with van der Waals surface area (Å²) < 4.78 is 16.0. The molecule has 0 radical (unpaired) electrons. The molecule has 0 spiro atoms. The summed E-state index contributed by atoms with van der Waals surface area (Å²) in [5.41, 5.74) is 0. The van der Waals surface area contributed by atoms with Crippen LogP contribution in [-0.4, -0.2) is 19.8 Å². The predicted octanol–water partition coefficient (Wildman–Crippen LogP) is 2.99. The fourth-order valence-corrected chi connectivity index (χ4v) is 3.34. The van der Waals surface area contributed by atoms with Crippen LogP contribution in [0.1, 0.15) is 38.7 Å². The Bertz CT molecular complexity index is 459. The first-order valence-corrected chi connectivity index (χ1v) is 8.22. The van der Waals surface area contributed by atoms with Crippen molar-refractivity contribution in [2.75, 3.05) is 0 Å². The third kappa shape index (κ3) is 3.29. The van der Waals surface area contributed by atoms with Crippen molar-refractivity contribution in [3.8, 4) is 0 Å². The molecule has 0 saturated heterocycles. The predicted molar refractivity (Wildman–Crippen MR) is 76.4 cm³/mol. The van der Waals surface area contributed by atoms with E-state index in [1.165, 1.54) is 11.3 Å². The second-order valence-corrected chi connectivity index (χ2v) is 9.88. The molecule has 1 aromatic heterocycles. The van der Waals surface area contributed by atoms with Crippen LogP contribution in [0.2, 0.25) is 0 Å². The SMILES string of the molecule is C=S(=O)(NC(C)c1ncc(Br)s1)C(C)(C)C. The highest BCUT2D eigenvalue weighted by Crippen LogP contribution is 2.26. The highest BCUT2D eigenvalue weighted by Gasteiger charge is 2.25. The van der Waals surface area contributed by atoms with Crippen molar-refractivity contribution >= 4 is 42.8 Å². The molecule has 2 atom stereocenters. The van der Waals surface area contributed by atoms with Gasteiger partial charge in [-0.05, 0) is 49.5 Å². The summed E-state index contributed by atoms with van der Waals surface area (Å²) >= 11 is 4.90. The summed E-state index contributed by atoms with van der Waals surface area (Å²) in [5, 5.41) is 0.910. The first-order valence-electron chi connectivity index (χ1n) is 4.89. The molecule has 3 nitrogen and oxygen atoms in total. The summed E-state index contributed by atoms with van der Waals surface area (Å²) in [6.07, 6.45) is 1.75. The Morgan fingerprint density at radius 1 is 1.62 bits per heavy atom. The van der Waals surface area contributed by atoms with Crippen molar-refractivity contribution in [3.63, 3.8) is 0 Å². The van der Waals surface area contributed by atoms with Crippen LogP contribution in [-0.2, 0) is 9.71 Å². The van der Waals surface area contributed by atoms with Crippen molar-refractivity contribution in [2.24, 2.45) is 0 Å². The molecule has 0 aliphatic rings. The van der Waals surface area contributed by atoms with Crippen LogP contribution < -0.4 is 4.72 Å². The third-order valence-electron chi connectivity index (χ3n) is 2.22. The maximum atomic E-state index is 12.3. The second kappa shape index (κ2) is 4.76. The van der Waals surface area contributed by atoms with Gasteiger partial charge >= 0.3 is 0 Å². The summed E-state index contributed by atoms with van der Waals surface area (Å²) in [6.45, 7) is 7.70. The van der Waals surface area contributed by atoms with Gasteiger partial charge in [0.15, 0.2) is 0 Å². The number of rotatable bonds is 3. The van der Waals surface area contributed by atoms with Crippen LogP contribution in [0.4, 0.5) is 0 Å². The Labute approximate surface area is 110 Å². The molecule has 1 rings (SSSR count). The van der Waals surface area contributed by atoms with E-state index in [-0.39, 0.29) is 10.8 Å². The fraction of sp³-hybridized carbons (Fsp3) is 0.600. The van der Waals surface area contributed by atoms with E-state index in [2.05, 4.69) is 31.5 Å². The van der Waals surface area contributed by atoms with E-state index in [0.29, 0.717) is 0 Å². The van der Waals surface area contributed by atoms with Gasteiger partial charge in [-0.3, -0.25) is 4.21 Å². The zero-order valence-electron chi connectivity index (χ0n) is 9.91. The molecule has 1 heterocycles. The molecular formula is C10H17BrN2OS2. The Morgan fingerprint density at radius 2 is 2.19 bits per heavy atom. The van der Waals surface area contributed by atoms with E-state index in [0.717, 1.165) is 8.79 Å². The number of nitrogens with zero attached hydrogens (tertiary/aromatic N) is 1. The molecule has 0 aromatic carbocycles. The molecule has 92 valence electrons. The summed E-state index contributed by atoms with van der Waals surface area (Å²) in [4.78, 5) is 4.24. The number of hydrogen-bond acceptors (Lipinski definition) is 3. The minimum Gasteiger partial charge on any atom is -0.252 e. The summed E-state index contributed by atoms with van der Waals surface area (Å²) in [7, 11) is -2.33. The monoisotopic (exact) mass is 324 g/mol. The lowest BCUT2D eigenvalue weighted by atomic mass is 10.3. The first-order chi connectivity index (χ1) is 7.13. The van der Waals surface area contributed by atoms with Crippen LogP contribution in [0.25, 0.3) is 0 Å². The standard InChI is InChI=1S/C10H17BrN2OS2/c1-7(9-12-6-8(11)15-9)13-16(5,14)10(2,3)4/h6-7H,5H2,1-4H3,(H,13,14). The maximum Gasteiger partial charge on any atom is 0.111 e. The fourth-order valence-electron chi connectivity index (χ4n) is 0.980. The van der Waals surface area contributed by atoms with Crippen molar-refractivity contribution in [2.45, 2.75) is 38.5 Å². The minimum absolute atomic E-state index is 0.0551. The molecule has 0 saturated carbocycles. The van der Waals surface area contributed by atoms with Gasteiger partial charge in [-0.15, -0.1) is 11.3 Å². The second-order valence-electron chi connectivity index (χ2n) is 4.63. The van der Waals surface area contributed by atoms with Gasteiger partial charge < -0.3 is 0 Å². The zero-order chi connectivity index (χ0) is 12.6. The van der Waals surface area contributed by atoms with Gasteiger partial charge in [0.05, 0.1) is 16.0 Å². The van der Waals surface area contributed by atoms with Crippen molar-refractivity contribution in [3.05, 3.63) is 15.0 Å². The van der Waals surface area contributed by atoms with Gasteiger partial charge in [0.1, 0.15) is 5.01 Å². The minimum atomic E-state index is -2.33. The van der Waals surface area contributed by atoms with E-state index in [4.69, 9.17) is 0 Å². The van der Waals surface area contributed by atoms with Gasteiger partial charge in [0.25, 0.3) is 0 Å². The van der Waals surface area contributed by atoms with Crippen LogP contribution in [0.5, 0.6) is 0 Å². The van der Waals surface area contributed by atoms with Crippen LogP contribution in [0.3, 0.4) is 0 Å². The lowest BCUT2D eigenvalue weighted by Crippen LogP contribution is -2.40. The molecular weight excluding hydrogens is 308 g/mol. The Hall–Kier alpha value is 0.0900.